The molecule has 0 aliphatic carbocycles. The summed E-state index contributed by atoms with van der Waals surface area (Å²) in [5, 5.41) is 9.55. The smallest absolute Gasteiger partial charge is 0.269 e. The topological polar surface area (TPSA) is 107 Å². The Morgan fingerprint density at radius 1 is 1.07 bits per heavy atom. The number of carbonyl (C=O) groups excluding carboxylic acids is 2. The van der Waals surface area contributed by atoms with Crippen LogP contribution in [0.15, 0.2) is 61.2 Å². The SMILES string of the molecule is C[C@H](C(=O)Nc1ccc(NC(=O)[C@@H]2COc3ccccc3O2)cc1)n1cncn1. The number of hydrogen-bond donors (Lipinski definition) is 2. The van der Waals surface area contributed by atoms with Gasteiger partial charge in [0, 0.05) is 11.4 Å². The maximum atomic E-state index is 12.5. The van der Waals surface area contributed by atoms with Crippen molar-refractivity contribution in [2.45, 2.75) is 19.1 Å². The van der Waals surface area contributed by atoms with Crippen LogP contribution in [-0.2, 0) is 9.59 Å². The predicted octanol–water partition coefficient (Wildman–Crippen LogP) is 2.26. The van der Waals surface area contributed by atoms with Crippen molar-refractivity contribution in [1.29, 1.82) is 0 Å². The van der Waals surface area contributed by atoms with Crippen LogP contribution in [-0.4, -0.2) is 39.3 Å². The lowest BCUT2D eigenvalue weighted by Gasteiger charge is -2.25. The lowest BCUT2D eigenvalue weighted by atomic mass is 10.2. The van der Waals surface area contributed by atoms with E-state index in [2.05, 4.69) is 20.7 Å². The van der Waals surface area contributed by atoms with E-state index in [1.807, 2.05) is 12.1 Å². The van der Waals surface area contributed by atoms with Gasteiger partial charge in [0.2, 0.25) is 12.0 Å². The largest absolute Gasteiger partial charge is 0.485 e. The van der Waals surface area contributed by atoms with Gasteiger partial charge in [0.25, 0.3) is 5.91 Å². The third-order valence-corrected chi connectivity index (χ3v) is 4.43. The zero-order chi connectivity index (χ0) is 20.2. The van der Waals surface area contributed by atoms with Gasteiger partial charge < -0.3 is 20.1 Å². The molecular weight excluding hydrogens is 374 g/mol. The van der Waals surface area contributed by atoms with Crippen LogP contribution in [0.1, 0.15) is 13.0 Å². The zero-order valence-corrected chi connectivity index (χ0v) is 15.6. The zero-order valence-electron chi connectivity index (χ0n) is 15.6. The molecule has 2 N–H and O–H groups in total. The molecular formula is C20H19N5O4. The van der Waals surface area contributed by atoms with Crippen LogP contribution in [0.3, 0.4) is 0 Å². The molecule has 0 radical (unpaired) electrons. The molecule has 0 bridgehead atoms. The Kier molecular flexibility index (Phi) is 5.10. The fourth-order valence-electron chi connectivity index (χ4n) is 2.79. The Morgan fingerprint density at radius 3 is 2.45 bits per heavy atom. The summed E-state index contributed by atoms with van der Waals surface area (Å²) in [4.78, 5) is 28.6. The number of nitrogens with one attached hydrogen (secondary N) is 2. The molecule has 1 aliphatic heterocycles. The van der Waals surface area contributed by atoms with E-state index in [0.717, 1.165) is 0 Å². The van der Waals surface area contributed by atoms with Gasteiger partial charge in [-0.3, -0.25) is 9.59 Å². The number of aromatic nitrogens is 3. The van der Waals surface area contributed by atoms with E-state index >= 15 is 0 Å². The van der Waals surface area contributed by atoms with Crippen molar-refractivity contribution in [1.82, 2.24) is 14.8 Å². The number of carbonyl (C=O) groups is 2. The maximum absolute atomic E-state index is 12.5. The summed E-state index contributed by atoms with van der Waals surface area (Å²) in [5.74, 6) is 0.630. The Labute approximate surface area is 166 Å². The molecule has 1 aliphatic rings. The van der Waals surface area contributed by atoms with Crippen LogP contribution in [0.4, 0.5) is 11.4 Å². The molecule has 2 heterocycles. The number of fused-ring (bicyclic) bond motifs is 1. The minimum absolute atomic E-state index is 0.136. The molecule has 148 valence electrons. The van der Waals surface area contributed by atoms with Gasteiger partial charge in [-0.1, -0.05) is 12.1 Å². The van der Waals surface area contributed by atoms with Crippen LogP contribution in [0.2, 0.25) is 0 Å². The lowest BCUT2D eigenvalue weighted by molar-refractivity contribution is -0.125. The first-order chi connectivity index (χ1) is 14.1. The minimum Gasteiger partial charge on any atom is -0.485 e. The second-order valence-corrected chi connectivity index (χ2v) is 6.47. The molecule has 9 nitrogen and oxygen atoms in total. The van der Waals surface area contributed by atoms with Crippen LogP contribution in [0, 0.1) is 0 Å². The normalized spacial score (nSPS) is 16.0. The molecule has 0 saturated heterocycles. The van der Waals surface area contributed by atoms with E-state index in [1.165, 1.54) is 17.3 Å². The van der Waals surface area contributed by atoms with Gasteiger partial charge in [-0.2, -0.15) is 5.10 Å². The van der Waals surface area contributed by atoms with Gasteiger partial charge in [0.1, 0.15) is 25.3 Å². The fraction of sp³-hybridized carbons (Fsp3) is 0.200. The number of benzene rings is 2. The first kappa shape index (κ1) is 18.5. The Balaban J connectivity index is 1.34. The van der Waals surface area contributed by atoms with Gasteiger partial charge in [-0.05, 0) is 43.3 Å². The second kappa shape index (κ2) is 8.01. The molecule has 0 fully saturated rings. The maximum Gasteiger partial charge on any atom is 0.269 e. The molecule has 3 aromatic rings. The first-order valence-corrected chi connectivity index (χ1v) is 9.04. The highest BCUT2D eigenvalue weighted by Gasteiger charge is 2.27. The van der Waals surface area contributed by atoms with Crippen molar-refractivity contribution in [3.05, 3.63) is 61.2 Å². The number of para-hydroxylation sites is 2. The average Bonchev–Trinajstić information content (AvgIpc) is 3.29. The highest BCUT2D eigenvalue weighted by molar-refractivity contribution is 5.96. The Morgan fingerprint density at radius 2 is 1.76 bits per heavy atom. The van der Waals surface area contributed by atoms with E-state index in [-0.39, 0.29) is 18.4 Å². The molecule has 2 aromatic carbocycles. The summed E-state index contributed by atoms with van der Waals surface area (Å²) in [7, 11) is 0. The number of rotatable bonds is 5. The number of nitrogens with zero attached hydrogens (tertiary/aromatic N) is 3. The fourth-order valence-corrected chi connectivity index (χ4v) is 2.79. The molecule has 9 heteroatoms. The summed E-state index contributed by atoms with van der Waals surface area (Å²) in [5.41, 5.74) is 1.19. The second-order valence-electron chi connectivity index (χ2n) is 6.47. The summed E-state index contributed by atoms with van der Waals surface area (Å²) in [6.45, 7) is 1.86. The van der Waals surface area contributed by atoms with E-state index in [4.69, 9.17) is 9.47 Å². The van der Waals surface area contributed by atoms with E-state index in [9.17, 15) is 9.59 Å². The molecule has 0 unspecified atom stereocenters. The molecule has 4 rings (SSSR count). The molecule has 0 spiro atoms. The van der Waals surface area contributed by atoms with Gasteiger partial charge >= 0.3 is 0 Å². The van der Waals surface area contributed by atoms with Crippen molar-refractivity contribution in [2.24, 2.45) is 0 Å². The van der Waals surface area contributed by atoms with Crippen molar-refractivity contribution >= 4 is 23.2 Å². The number of ether oxygens (including phenoxy) is 2. The van der Waals surface area contributed by atoms with Crippen LogP contribution < -0.4 is 20.1 Å². The third-order valence-electron chi connectivity index (χ3n) is 4.43. The Hall–Kier alpha value is -3.88. The van der Waals surface area contributed by atoms with Crippen molar-refractivity contribution in [3.8, 4) is 11.5 Å². The van der Waals surface area contributed by atoms with Crippen LogP contribution in [0.25, 0.3) is 0 Å². The number of hydrogen-bond acceptors (Lipinski definition) is 6. The molecule has 2 amide bonds. The highest BCUT2D eigenvalue weighted by Crippen LogP contribution is 2.31. The highest BCUT2D eigenvalue weighted by atomic mass is 16.6. The van der Waals surface area contributed by atoms with Crippen molar-refractivity contribution in [2.75, 3.05) is 17.2 Å². The first-order valence-electron chi connectivity index (χ1n) is 9.04. The monoisotopic (exact) mass is 393 g/mol. The van der Waals surface area contributed by atoms with Gasteiger partial charge in [-0.25, -0.2) is 9.67 Å². The van der Waals surface area contributed by atoms with Crippen LogP contribution >= 0.6 is 0 Å². The number of amides is 2. The molecule has 2 atom stereocenters. The van der Waals surface area contributed by atoms with Gasteiger partial charge in [-0.15, -0.1) is 0 Å². The summed E-state index contributed by atoms with van der Waals surface area (Å²) >= 11 is 0. The molecule has 29 heavy (non-hydrogen) atoms. The third kappa shape index (κ3) is 4.18. The Bertz CT molecular complexity index is 1000. The number of anilines is 2. The summed E-state index contributed by atoms with van der Waals surface area (Å²) < 4.78 is 12.7. The lowest BCUT2D eigenvalue weighted by Crippen LogP contribution is -2.40. The summed E-state index contributed by atoms with van der Waals surface area (Å²) in [6, 6.07) is 13.5. The molecule has 0 saturated carbocycles. The van der Waals surface area contributed by atoms with Gasteiger partial charge in [0.05, 0.1) is 0 Å². The quantitative estimate of drug-likeness (QED) is 0.689. The van der Waals surface area contributed by atoms with E-state index < -0.39 is 12.1 Å². The van der Waals surface area contributed by atoms with E-state index in [0.29, 0.717) is 22.9 Å². The minimum atomic E-state index is -0.743. The predicted molar refractivity (Wildman–Crippen MR) is 105 cm³/mol. The average molecular weight is 393 g/mol. The summed E-state index contributed by atoms with van der Waals surface area (Å²) in [6.07, 6.45) is 2.12. The van der Waals surface area contributed by atoms with Crippen molar-refractivity contribution < 1.29 is 19.1 Å². The van der Waals surface area contributed by atoms with Crippen molar-refractivity contribution in [3.63, 3.8) is 0 Å². The molecule has 1 aromatic heterocycles. The van der Waals surface area contributed by atoms with Crippen LogP contribution in [0.5, 0.6) is 11.5 Å². The van der Waals surface area contributed by atoms with E-state index in [1.54, 1.807) is 43.3 Å². The standard InChI is InChI=1S/C20H19N5O4/c1-13(25-12-21-11-22-25)19(26)23-14-6-8-15(9-7-14)24-20(27)18-10-28-16-4-2-3-5-17(16)29-18/h2-9,11-13,18H,10H2,1H3,(H,23,26)(H,24,27)/t13-,18+/m1/s1. The van der Waals surface area contributed by atoms with Gasteiger partial charge in [0.15, 0.2) is 11.5 Å².